The van der Waals surface area contributed by atoms with Crippen molar-refractivity contribution in [3.05, 3.63) is 0 Å². The molecule has 1 aliphatic rings. The molecule has 18 heavy (non-hydrogen) atoms. The molecule has 1 saturated heterocycles. The lowest BCUT2D eigenvalue weighted by Crippen LogP contribution is -2.43. The number of carbonyl (C=O) groups is 1. The fourth-order valence-electron chi connectivity index (χ4n) is 1.95. The lowest BCUT2D eigenvalue weighted by atomic mass is 10.2. The van der Waals surface area contributed by atoms with Gasteiger partial charge in [0.1, 0.15) is 6.10 Å². The number of carbonyl (C=O) groups excluding carboxylic acids is 1. The average Bonchev–Trinajstić information content (AvgIpc) is 2.76. The van der Waals surface area contributed by atoms with Crippen LogP contribution in [-0.4, -0.2) is 50.6 Å². The second kappa shape index (κ2) is 6.49. The molecule has 0 aromatic carbocycles. The fraction of sp³-hybridized carbons (Fsp3) is 0.909. The van der Waals surface area contributed by atoms with Crippen LogP contribution in [0.25, 0.3) is 0 Å². The van der Waals surface area contributed by atoms with Crippen LogP contribution in [0.15, 0.2) is 0 Å². The van der Waals surface area contributed by atoms with Crippen LogP contribution >= 0.6 is 0 Å². The van der Waals surface area contributed by atoms with Crippen LogP contribution in [0.1, 0.15) is 26.7 Å². The Bertz CT molecular complexity index is 383. The number of nitrogens with two attached hydrogens (primary N) is 1. The van der Waals surface area contributed by atoms with Gasteiger partial charge in [-0.05, 0) is 19.8 Å². The van der Waals surface area contributed by atoms with Crippen molar-refractivity contribution in [3.8, 4) is 0 Å². The number of rotatable bonds is 6. The van der Waals surface area contributed by atoms with Gasteiger partial charge in [-0.2, -0.15) is 0 Å². The number of ether oxygens (including phenoxy) is 1. The first-order valence-electron chi connectivity index (χ1n) is 6.24. The molecule has 1 aliphatic heterocycles. The van der Waals surface area contributed by atoms with E-state index in [1.165, 1.54) is 0 Å². The Kier molecular flexibility index (Phi) is 5.55. The molecular weight excluding hydrogens is 256 g/mol. The first-order valence-corrected chi connectivity index (χ1v) is 8.06. The van der Waals surface area contributed by atoms with Gasteiger partial charge in [-0.25, -0.2) is 8.42 Å². The zero-order valence-corrected chi connectivity index (χ0v) is 11.7. The minimum Gasteiger partial charge on any atom is -0.364 e. The van der Waals surface area contributed by atoms with Gasteiger partial charge in [-0.3, -0.25) is 4.79 Å². The zero-order chi connectivity index (χ0) is 13.8. The van der Waals surface area contributed by atoms with Crippen molar-refractivity contribution in [2.24, 2.45) is 5.73 Å². The van der Waals surface area contributed by atoms with Crippen LogP contribution in [-0.2, 0) is 19.4 Å². The number of nitrogens with one attached hydrogen (secondary N) is 1. The van der Waals surface area contributed by atoms with Crippen molar-refractivity contribution in [1.29, 1.82) is 0 Å². The molecule has 106 valence electrons. The van der Waals surface area contributed by atoms with Gasteiger partial charge in [-0.1, -0.05) is 6.92 Å². The molecular formula is C11H22N2O4S. The molecule has 1 fully saturated rings. The van der Waals surface area contributed by atoms with Crippen molar-refractivity contribution >= 4 is 15.7 Å². The van der Waals surface area contributed by atoms with Gasteiger partial charge < -0.3 is 15.8 Å². The summed E-state index contributed by atoms with van der Waals surface area (Å²) in [5.41, 5.74) is 5.46. The van der Waals surface area contributed by atoms with Crippen molar-refractivity contribution in [2.75, 3.05) is 18.1 Å². The summed E-state index contributed by atoms with van der Waals surface area (Å²) in [6, 6.07) is -0.400. The Labute approximate surface area is 108 Å². The van der Waals surface area contributed by atoms with Crippen LogP contribution < -0.4 is 11.1 Å². The smallest absolute Gasteiger partial charge is 0.249 e. The molecule has 0 aliphatic carbocycles. The van der Waals surface area contributed by atoms with E-state index in [9.17, 15) is 13.2 Å². The first-order chi connectivity index (χ1) is 8.38. The van der Waals surface area contributed by atoms with E-state index in [2.05, 4.69) is 5.32 Å². The van der Waals surface area contributed by atoms with E-state index in [1.54, 1.807) is 13.8 Å². The quantitative estimate of drug-likeness (QED) is 0.678. The van der Waals surface area contributed by atoms with E-state index in [0.29, 0.717) is 13.0 Å². The highest BCUT2D eigenvalue weighted by atomic mass is 32.2. The number of hydrogen-bond donors (Lipinski definition) is 2. The van der Waals surface area contributed by atoms with Gasteiger partial charge in [0.05, 0.1) is 11.9 Å². The minimum atomic E-state index is -3.08. The number of amides is 1. The molecule has 0 spiro atoms. The monoisotopic (exact) mass is 278 g/mol. The molecule has 1 amide bonds. The standard InChI is InChI=1S/C11H22N2O4S/c1-3-18(15,16)7-8(2)13-11(14)10-5-4-9(6-12)17-10/h8-10H,3-7,12H2,1-2H3,(H,13,14)/t8?,9-,10+/m1/s1. The molecule has 0 saturated carbocycles. The molecule has 0 bridgehead atoms. The van der Waals surface area contributed by atoms with Crippen molar-refractivity contribution in [2.45, 2.75) is 44.9 Å². The number of sulfone groups is 1. The average molecular weight is 278 g/mol. The minimum absolute atomic E-state index is 0.0394. The summed E-state index contributed by atoms with van der Waals surface area (Å²) in [5.74, 6) is -0.199. The van der Waals surface area contributed by atoms with Crippen molar-refractivity contribution in [3.63, 3.8) is 0 Å². The van der Waals surface area contributed by atoms with Crippen molar-refractivity contribution in [1.82, 2.24) is 5.32 Å². The second-order valence-electron chi connectivity index (χ2n) is 4.67. The SMILES string of the molecule is CCS(=O)(=O)CC(C)NC(=O)[C@@H]1CC[C@H](CN)O1. The molecule has 6 nitrogen and oxygen atoms in total. The van der Waals surface area contributed by atoms with E-state index in [0.717, 1.165) is 6.42 Å². The molecule has 1 heterocycles. The highest BCUT2D eigenvalue weighted by Gasteiger charge is 2.30. The summed E-state index contributed by atoms with van der Waals surface area (Å²) >= 11 is 0. The Morgan fingerprint density at radius 2 is 2.17 bits per heavy atom. The molecule has 0 aromatic rings. The van der Waals surface area contributed by atoms with Crippen LogP contribution in [0.2, 0.25) is 0 Å². The van der Waals surface area contributed by atoms with Gasteiger partial charge in [0.25, 0.3) is 0 Å². The van der Waals surface area contributed by atoms with Gasteiger partial charge in [-0.15, -0.1) is 0 Å². The van der Waals surface area contributed by atoms with E-state index in [4.69, 9.17) is 10.5 Å². The summed E-state index contributed by atoms with van der Waals surface area (Å²) in [6.45, 7) is 3.68. The van der Waals surface area contributed by atoms with Gasteiger partial charge in [0, 0.05) is 18.3 Å². The second-order valence-corrected chi connectivity index (χ2v) is 7.07. The lowest BCUT2D eigenvalue weighted by molar-refractivity contribution is -0.132. The third kappa shape index (κ3) is 4.55. The largest absolute Gasteiger partial charge is 0.364 e. The van der Waals surface area contributed by atoms with Crippen LogP contribution in [0.5, 0.6) is 0 Å². The maximum Gasteiger partial charge on any atom is 0.249 e. The fourth-order valence-corrected chi connectivity index (χ4v) is 3.03. The topological polar surface area (TPSA) is 98.5 Å². The maximum atomic E-state index is 11.8. The van der Waals surface area contributed by atoms with Gasteiger partial charge in [0.15, 0.2) is 9.84 Å². The molecule has 0 aromatic heterocycles. The Hall–Kier alpha value is -0.660. The van der Waals surface area contributed by atoms with Gasteiger partial charge >= 0.3 is 0 Å². The van der Waals surface area contributed by atoms with Crippen LogP contribution in [0, 0.1) is 0 Å². The summed E-state index contributed by atoms with van der Waals surface area (Å²) in [7, 11) is -3.08. The number of hydrogen-bond acceptors (Lipinski definition) is 5. The molecule has 1 rings (SSSR count). The van der Waals surface area contributed by atoms with Crippen LogP contribution in [0.3, 0.4) is 0 Å². The summed E-state index contributed by atoms with van der Waals surface area (Å²) in [6.07, 6.45) is 0.859. The molecule has 3 N–H and O–H groups in total. The highest BCUT2D eigenvalue weighted by molar-refractivity contribution is 7.91. The van der Waals surface area contributed by atoms with Crippen LogP contribution in [0.4, 0.5) is 0 Å². The van der Waals surface area contributed by atoms with Crippen molar-refractivity contribution < 1.29 is 17.9 Å². The Morgan fingerprint density at radius 3 is 2.67 bits per heavy atom. The summed E-state index contributed by atoms with van der Waals surface area (Å²) in [4.78, 5) is 11.8. The highest BCUT2D eigenvalue weighted by Crippen LogP contribution is 2.18. The zero-order valence-electron chi connectivity index (χ0n) is 10.9. The van der Waals surface area contributed by atoms with E-state index in [-0.39, 0.29) is 23.5 Å². The van der Waals surface area contributed by atoms with E-state index in [1.807, 2.05) is 0 Å². The molecule has 7 heteroatoms. The third-order valence-electron chi connectivity index (χ3n) is 3.00. The predicted molar refractivity (Wildman–Crippen MR) is 68.9 cm³/mol. The predicted octanol–water partition coefficient (Wildman–Crippen LogP) is -0.568. The Morgan fingerprint density at radius 1 is 1.50 bits per heavy atom. The summed E-state index contributed by atoms with van der Waals surface area (Å²) < 4.78 is 28.3. The first kappa shape index (κ1) is 15.4. The van der Waals surface area contributed by atoms with E-state index >= 15 is 0 Å². The summed E-state index contributed by atoms with van der Waals surface area (Å²) in [5, 5.41) is 2.67. The Balaban J connectivity index is 2.41. The lowest BCUT2D eigenvalue weighted by Gasteiger charge is -2.17. The normalized spacial score (nSPS) is 25.9. The molecule has 1 unspecified atom stereocenters. The van der Waals surface area contributed by atoms with E-state index < -0.39 is 22.0 Å². The third-order valence-corrected chi connectivity index (χ3v) is 4.88. The maximum absolute atomic E-state index is 11.8. The van der Waals surface area contributed by atoms with Gasteiger partial charge in [0.2, 0.25) is 5.91 Å². The molecule has 0 radical (unpaired) electrons. The molecule has 3 atom stereocenters.